The van der Waals surface area contributed by atoms with Crippen LogP contribution in [0, 0.1) is 19.8 Å². The number of nitrogens with two attached hydrogens (primary N) is 1. The zero-order valence-corrected chi connectivity index (χ0v) is 12.5. The van der Waals surface area contributed by atoms with Gasteiger partial charge in [0.2, 0.25) is 10.0 Å². The lowest BCUT2D eigenvalue weighted by Gasteiger charge is -2.22. The summed E-state index contributed by atoms with van der Waals surface area (Å²) in [7, 11) is -1.92. The fraction of sp³-hybridized carbons (Fsp3) is 0.538. The van der Waals surface area contributed by atoms with Crippen molar-refractivity contribution in [1.29, 1.82) is 0 Å². The van der Waals surface area contributed by atoms with Crippen LogP contribution >= 0.6 is 0 Å². The molecule has 0 bridgehead atoms. The molecule has 2 N–H and O–H groups in total. The van der Waals surface area contributed by atoms with E-state index in [0.29, 0.717) is 12.2 Å². The fourth-order valence-electron chi connectivity index (χ4n) is 1.92. The van der Waals surface area contributed by atoms with E-state index in [9.17, 15) is 8.42 Å². The normalized spacial score (nSPS) is 12.4. The molecule has 0 aliphatic rings. The Kier molecular flexibility index (Phi) is 4.40. The van der Waals surface area contributed by atoms with Crippen molar-refractivity contribution in [3.05, 3.63) is 23.3 Å². The lowest BCUT2D eigenvalue weighted by molar-refractivity contribution is 0.417. The summed E-state index contributed by atoms with van der Waals surface area (Å²) in [5, 5.41) is 0. The van der Waals surface area contributed by atoms with Crippen molar-refractivity contribution in [2.75, 3.05) is 19.3 Å². The largest absolute Gasteiger partial charge is 0.398 e. The second-order valence-corrected chi connectivity index (χ2v) is 7.09. The van der Waals surface area contributed by atoms with Crippen LogP contribution in [0.15, 0.2) is 17.0 Å². The van der Waals surface area contributed by atoms with Gasteiger partial charge in [0.25, 0.3) is 0 Å². The third-order valence-electron chi connectivity index (χ3n) is 3.00. The van der Waals surface area contributed by atoms with Crippen LogP contribution < -0.4 is 5.73 Å². The highest BCUT2D eigenvalue weighted by atomic mass is 32.2. The van der Waals surface area contributed by atoms with Crippen LogP contribution in [-0.2, 0) is 10.0 Å². The topological polar surface area (TPSA) is 63.4 Å². The van der Waals surface area contributed by atoms with Gasteiger partial charge >= 0.3 is 0 Å². The maximum absolute atomic E-state index is 12.5. The molecule has 5 heteroatoms. The Labute approximate surface area is 110 Å². The van der Waals surface area contributed by atoms with E-state index in [2.05, 4.69) is 0 Å². The molecule has 0 aliphatic carbocycles. The second-order valence-electron chi connectivity index (χ2n) is 5.11. The van der Waals surface area contributed by atoms with Crippen LogP contribution in [0.2, 0.25) is 0 Å². The third-order valence-corrected chi connectivity index (χ3v) is 5.03. The number of aryl methyl sites for hydroxylation is 1. The standard InChI is InChI=1S/C13H22N2O2S/c1-9(2)8-15(5)18(16,17)13-11(4)10(3)6-7-12(13)14/h6-7,9H,8,14H2,1-5H3. The fourth-order valence-corrected chi connectivity index (χ4v) is 3.64. The molecule has 102 valence electrons. The molecular weight excluding hydrogens is 248 g/mol. The van der Waals surface area contributed by atoms with Crippen LogP contribution in [0.4, 0.5) is 5.69 Å². The van der Waals surface area contributed by atoms with E-state index in [1.54, 1.807) is 20.0 Å². The average Bonchev–Trinajstić information content (AvgIpc) is 2.22. The highest BCUT2D eigenvalue weighted by Crippen LogP contribution is 2.27. The third kappa shape index (κ3) is 2.84. The van der Waals surface area contributed by atoms with Gasteiger partial charge < -0.3 is 5.73 Å². The van der Waals surface area contributed by atoms with Crippen molar-refractivity contribution in [2.45, 2.75) is 32.6 Å². The Morgan fingerprint density at radius 2 is 1.83 bits per heavy atom. The molecule has 0 aliphatic heterocycles. The molecule has 0 amide bonds. The molecule has 1 rings (SSSR count). The number of rotatable bonds is 4. The maximum atomic E-state index is 12.5. The smallest absolute Gasteiger partial charge is 0.245 e. The van der Waals surface area contributed by atoms with E-state index in [1.165, 1.54) is 4.31 Å². The molecule has 0 atom stereocenters. The van der Waals surface area contributed by atoms with Crippen molar-refractivity contribution in [2.24, 2.45) is 5.92 Å². The molecule has 0 aromatic heterocycles. The Hall–Kier alpha value is -1.07. The van der Waals surface area contributed by atoms with Crippen LogP contribution in [0.25, 0.3) is 0 Å². The van der Waals surface area contributed by atoms with Gasteiger partial charge in [-0.05, 0) is 37.0 Å². The highest BCUT2D eigenvalue weighted by molar-refractivity contribution is 7.89. The lowest BCUT2D eigenvalue weighted by Crippen LogP contribution is -2.31. The van der Waals surface area contributed by atoms with E-state index < -0.39 is 10.0 Å². The van der Waals surface area contributed by atoms with Gasteiger partial charge in [-0.15, -0.1) is 0 Å². The van der Waals surface area contributed by atoms with Crippen molar-refractivity contribution < 1.29 is 8.42 Å². The monoisotopic (exact) mass is 270 g/mol. The Balaban J connectivity index is 3.33. The van der Waals surface area contributed by atoms with Crippen molar-refractivity contribution >= 4 is 15.7 Å². The van der Waals surface area contributed by atoms with Gasteiger partial charge in [0.05, 0.1) is 5.69 Å². The van der Waals surface area contributed by atoms with Crippen LogP contribution in [0.3, 0.4) is 0 Å². The van der Waals surface area contributed by atoms with Crippen LogP contribution in [0.5, 0.6) is 0 Å². The minimum absolute atomic E-state index is 0.241. The molecule has 0 saturated heterocycles. The predicted molar refractivity (Wildman–Crippen MR) is 75.0 cm³/mol. The Bertz CT molecular complexity index is 536. The average molecular weight is 270 g/mol. The predicted octanol–water partition coefficient (Wildman–Crippen LogP) is 2.16. The van der Waals surface area contributed by atoms with Crippen molar-refractivity contribution in [3.8, 4) is 0 Å². The van der Waals surface area contributed by atoms with E-state index in [4.69, 9.17) is 5.73 Å². The van der Waals surface area contributed by atoms with E-state index in [-0.39, 0.29) is 10.8 Å². The van der Waals surface area contributed by atoms with E-state index in [1.807, 2.05) is 26.8 Å². The number of hydrogen-bond donors (Lipinski definition) is 1. The first-order valence-corrected chi connectivity index (χ1v) is 7.44. The summed E-state index contributed by atoms with van der Waals surface area (Å²) in [5.41, 5.74) is 7.81. The summed E-state index contributed by atoms with van der Waals surface area (Å²) in [6, 6.07) is 3.49. The number of anilines is 1. The molecule has 0 unspecified atom stereocenters. The minimum atomic E-state index is -3.51. The van der Waals surface area contributed by atoms with Gasteiger partial charge in [0.15, 0.2) is 0 Å². The number of nitrogen functional groups attached to an aromatic ring is 1. The summed E-state index contributed by atoms with van der Waals surface area (Å²) in [5.74, 6) is 0.274. The summed E-state index contributed by atoms with van der Waals surface area (Å²) < 4.78 is 26.4. The zero-order valence-electron chi connectivity index (χ0n) is 11.7. The van der Waals surface area contributed by atoms with Crippen LogP contribution in [0.1, 0.15) is 25.0 Å². The van der Waals surface area contributed by atoms with Gasteiger partial charge in [0, 0.05) is 13.6 Å². The molecule has 18 heavy (non-hydrogen) atoms. The number of hydrogen-bond acceptors (Lipinski definition) is 3. The second kappa shape index (κ2) is 5.28. The molecule has 0 fully saturated rings. The van der Waals surface area contributed by atoms with E-state index >= 15 is 0 Å². The summed E-state index contributed by atoms with van der Waals surface area (Å²) in [6.45, 7) is 8.13. The van der Waals surface area contributed by atoms with Gasteiger partial charge in [-0.2, -0.15) is 0 Å². The summed E-state index contributed by atoms with van der Waals surface area (Å²) in [4.78, 5) is 0.241. The molecule has 1 aromatic rings. The van der Waals surface area contributed by atoms with Gasteiger partial charge in [-0.3, -0.25) is 0 Å². The molecule has 0 heterocycles. The molecule has 0 saturated carbocycles. The zero-order chi connectivity index (χ0) is 14.1. The van der Waals surface area contributed by atoms with Crippen molar-refractivity contribution in [1.82, 2.24) is 4.31 Å². The molecule has 0 radical (unpaired) electrons. The summed E-state index contributed by atoms with van der Waals surface area (Å²) >= 11 is 0. The molecule has 1 aromatic carbocycles. The number of sulfonamides is 1. The number of nitrogens with zero attached hydrogens (tertiary/aromatic N) is 1. The molecule has 0 spiro atoms. The first kappa shape index (κ1) is 15.0. The lowest BCUT2D eigenvalue weighted by atomic mass is 10.1. The van der Waals surface area contributed by atoms with Gasteiger partial charge in [-0.1, -0.05) is 19.9 Å². The highest BCUT2D eigenvalue weighted by Gasteiger charge is 2.26. The van der Waals surface area contributed by atoms with E-state index in [0.717, 1.165) is 11.1 Å². The minimum Gasteiger partial charge on any atom is -0.398 e. The Morgan fingerprint density at radius 3 is 2.33 bits per heavy atom. The molecular formula is C13H22N2O2S. The molecule has 4 nitrogen and oxygen atoms in total. The van der Waals surface area contributed by atoms with Crippen LogP contribution in [-0.4, -0.2) is 26.3 Å². The quantitative estimate of drug-likeness (QED) is 0.853. The number of benzene rings is 1. The first-order chi connectivity index (χ1) is 8.17. The van der Waals surface area contributed by atoms with Gasteiger partial charge in [-0.25, -0.2) is 12.7 Å². The maximum Gasteiger partial charge on any atom is 0.245 e. The van der Waals surface area contributed by atoms with Gasteiger partial charge in [0.1, 0.15) is 4.90 Å². The Morgan fingerprint density at radius 1 is 1.28 bits per heavy atom. The summed E-state index contributed by atoms with van der Waals surface area (Å²) in [6.07, 6.45) is 0. The first-order valence-electron chi connectivity index (χ1n) is 6.00. The van der Waals surface area contributed by atoms with Crippen molar-refractivity contribution in [3.63, 3.8) is 0 Å². The SMILES string of the molecule is Cc1ccc(N)c(S(=O)(=O)N(C)CC(C)C)c1C.